The molecule has 0 unspecified atom stereocenters. The van der Waals surface area contributed by atoms with Crippen LogP contribution >= 0.6 is 15.9 Å². The Labute approximate surface area is 113 Å². The summed E-state index contributed by atoms with van der Waals surface area (Å²) in [7, 11) is 0. The molecular formula is C12H11BrN2O3. The number of nitrogens with one attached hydrogen (secondary N) is 2. The molecule has 3 N–H and O–H groups in total. The molecule has 94 valence electrons. The van der Waals surface area contributed by atoms with Crippen molar-refractivity contribution in [1.82, 2.24) is 5.32 Å². The van der Waals surface area contributed by atoms with Crippen molar-refractivity contribution in [2.45, 2.75) is 6.92 Å². The van der Waals surface area contributed by atoms with Crippen LogP contribution in [0.3, 0.4) is 0 Å². The number of anilines is 1. The van der Waals surface area contributed by atoms with Gasteiger partial charge in [0.25, 0.3) is 0 Å². The highest BCUT2D eigenvalue weighted by Crippen LogP contribution is 2.19. The van der Waals surface area contributed by atoms with E-state index in [1.807, 2.05) is 0 Å². The lowest BCUT2D eigenvalue weighted by Crippen LogP contribution is -2.29. The standard InChI is InChI=1S/C12H11BrN2O3/c1-2-3-4-14-12(18)15-10-6-8(11(16)17)5-9(13)7-10/h5-7H,4H2,1H3,(H,16,17)(H2,14,15,18). The molecule has 0 aromatic heterocycles. The molecule has 2 amide bonds. The molecular weight excluding hydrogens is 300 g/mol. The maximum absolute atomic E-state index is 11.4. The molecule has 5 nitrogen and oxygen atoms in total. The van der Waals surface area contributed by atoms with Crippen molar-refractivity contribution in [2.24, 2.45) is 0 Å². The fraction of sp³-hybridized carbons (Fsp3) is 0.167. The van der Waals surface area contributed by atoms with Gasteiger partial charge in [-0.3, -0.25) is 0 Å². The number of urea groups is 1. The number of carboxylic acids is 1. The summed E-state index contributed by atoms with van der Waals surface area (Å²) in [6.45, 7) is 1.91. The van der Waals surface area contributed by atoms with E-state index >= 15 is 0 Å². The van der Waals surface area contributed by atoms with Crippen LogP contribution in [0.1, 0.15) is 17.3 Å². The lowest BCUT2D eigenvalue weighted by Gasteiger charge is -2.07. The summed E-state index contributed by atoms with van der Waals surface area (Å²) in [5, 5.41) is 13.9. The zero-order chi connectivity index (χ0) is 13.5. The van der Waals surface area contributed by atoms with Crippen LogP contribution in [0, 0.1) is 11.8 Å². The minimum Gasteiger partial charge on any atom is -0.478 e. The van der Waals surface area contributed by atoms with Gasteiger partial charge in [0.1, 0.15) is 0 Å². The molecule has 0 heterocycles. The van der Waals surface area contributed by atoms with Gasteiger partial charge in [-0.05, 0) is 25.1 Å². The molecule has 0 saturated carbocycles. The molecule has 0 aliphatic heterocycles. The third kappa shape index (κ3) is 4.47. The maximum Gasteiger partial charge on any atom is 0.335 e. The lowest BCUT2D eigenvalue weighted by atomic mass is 10.2. The summed E-state index contributed by atoms with van der Waals surface area (Å²) in [5.41, 5.74) is 0.483. The van der Waals surface area contributed by atoms with Crippen LogP contribution in [0.25, 0.3) is 0 Å². The molecule has 0 bridgehead atoms. The van der Waals surface area contributed by atoms with Gasteiger partial charge in [-0.15, -0.1) is 5.92 Å². The number of aromatic carboxylic acids is 1. The first kappa shape index (κ1) is 14.1. The number of hydrogen-bond acceptors (Lipinski definition) is 2. The second-order valence-electron chi connectivity index (χ2n) is 3.27. The van der Waals surface area contributed by atoms with E-state index in [1.165, 1.54) is 12.1 Å². The summed E-state index contributed by atoms with van der Waals surface area (Å²) >= 11 is 3.18. The van der Waals surface area contributed by atoms with Crippen LogP contribution in [0.2, 0.25) is 0 Å². The highest BCUT2D eigenvalue weighted by molar-refractivity contribution is 9.10. The normalized spacial score (nSPS) is 9.00. The Morgan fingerprint density at radius 3 is 2.72 bits per heavy atom. The summed E-state index contributed by atoms with van der Waals surface area (Å²) in [4.78, 5) is 22.3. The van der Waals surface area contributed by atoms with Gasteiger partial charge in [0.05, 0.1) is 12.1 Å². The number of amides is 2. The molecule has 1 aromatic carbocycles. The SMILES string of the molecule is CC#CCNC(=O)Nc1cc(Br)cc(C(=O)O)c1. The maximum atomic E-state index is 11.4. The minimum absolute atomic E-state index is 0.0908. The third-order valence-corrected chi connectivity index (χ3v) is 2.37. The van der Waals surface area contributed by atoms with Crippen molar-refractivity contribution >= 4 is 33.6 Å². The summed E-state index contributed by atoms with van der Waals surface area (Å²) in [6, 6.07) is 4.00. The van der Waals surface area contributed by atoms with Gasteiger partial charge in [0.2, 0.25) is 0 Å². The van der Waals surface area contributed by atoms with Gasteiger partial charge in [-0.25, -0.2) is 9.59 Å². The van der Waals surface area contributed by atoms with Crippen molar-refractivity contribution in [3.63, 3.8) is 0 Å². The van der Waals surface area contributed by atoms with Crippen molar-refractivity contribution in [1.29, 1.82) is 0 Å². The number of hydrogen-bond donors (Lipinski definition) is 3. The van der Waals surface area contributed by atoms with Gasteiger partial charge < -0.3 is 15.7 Å². The fourth-order valence-electron chi connectivity index (χ4n) is 1.17. The van der Waals surface area contributed by atoms with Crippen molar-refractivity contribution in [2.75, 3.05) is 11.9 Å². The monoisotopic (exact) mass is 310 g/mol. The summed E-state index contributed by atoms with van der Waals surface area (Å²) in [6.07, 6.45) is 0. The predicted molar refractivity (Wildman–Crippen MR) is 71.6 cm³/mol. The zero-order valence-electron chi connectivity index (χ0n) is 9.58. The van der Waals surface area contributed by atoms with Gasteiger partial charge >= 0.3 is 12.0 Å². The van der Waals surface area contributed by atoms with E-state index in [0.29, 0.717) is 10.2 Å². The van der Waals surface area contributed by atoms with E-state index in [4.69, 9.17) is 5.11 Å². The Morgan fingerprint density at radius 1 is 1.39 bits per heavy atom. The van der Waals surface area contributed by atoms with E-state index < -0.39 is 12.0 Å². The fourth-order valence-corrected chi connectivity index (χ4v) is 1.67. The smallest absolute Gasteiger partial charge is 0.335 e. The molecule has 1 aromatic rings. The molecule has 6 heteroatoms. The zero-order valence-corrected chi connectivity index (χ0v) is 11.2. The number of halogens is 1. The number of benzene rings is 1. The van der Waals surface area contributed by atoms with Gasteiger partial charge in [-0.2, -0.15) is 0 Å². The average Bonchev–Trinajstić information content (AvgIpc) is 2.28. The Hall–Kier alpha value is -2.00. The average molecular weight is 311 g/mol. The minimum atomic E-state index is -1.06. The van der Waals surface area contributed by atoms with Crippen LogP contribution in [-0.4, -0.2) is 23.7 Å². The molecule has 0 spiro atoms. The molecule has 0 fully saturated rings. The highest BCUT2D eigenvalue weighted by Gasteiger charge is 2.07. The lowest BCUT2D eigenvalue weighted by molar-refractivity contribution is 0.0697. The molecule has 18 heavy (non-hydrogen) atoms. The first-order chi connectivity index (χ1) is 8.52. The van der Waals surface area contributed by atoms with Crippen LogP contribution in [0.15, 0.2) is 22.7 Å². The molecule has 1 rings (SSSR count). The van der Waals surface area contributed by atoms with E-state index in [9.17, 15) is 9.59 Å². The molecule has 0 atom stereocenters. The highest BCUT2D eigenvalue weighted by atomic mass is 79.9. The van der Waals surface area contributed by atoms with E-state index in [2.05, 4.69) is 38.4 Å². The largest absolute Gasteiger partial charge is 0.478 e. The van der Waals surface area contributed by atoms with Gasteiger partial charge in [-0.1, -0.05) is 21.9 Å². The van der Waals surface area contributed by atoms with Gasteiger partial charge in [0, 0.05) is 10.2 Å². The van der Waals surface area contributed by atoms with E-state index in [1.54, 1.807) is 13.0 Å². The molecule has 0 aliphatic rings. The molecule has 0 radical (unpaired) electrons. The van der Waals surface area contributed by atoms with Crippen molar-refractivity contribution in [3.05, 3.63) is 28.2 Å². The Balaban J connectivity index is 2.74. The van der Waals surface area contributed by atoms with E-state index in [0.717, 1.165) is 0 Å². The second-order valence-corrected chi connectivity index (χ2v) is 4.18. The van der Waals surface area contributed by atoms with Crippen molar-refractivity contribution < 1.29 is 14.7 Å². The van der Waals surface area contributed by atoms with E-state index in [-0.39, 0.29) is 12.1 Å². The number of carboxylic acid groups (broad SMARTS) is 1. The van der Waals surface area contributed by atoms with Crippen LogP contribution < -0.4 is 10.6 Å². The van der Waals surface area contributed by atoms with Crippen molar-refractivity contribution in [3.8, 4) is 11.8 Å². The number of carbonyl (C=O) groups is 2. The van der Waals surface area contributed by atoms with Crippen LogP contribution in [0.4, 0.5) is 10.5 Å². The Bertz CT molecular complexity index is 532. The number of rotatable bonds is 3. The summed E-state index contributed by atoms with van der Waals surface area (Å²) < 4.78 is 0.575. The molecule has 0 saturated heterocycles. The quantitative estimate of drug-likeness (QED) is 0.750. The van der Waals surface area contributed by atoms with Crippen LogP contribution in [-0.2, 0) is 0 Å². The Kier molecular flexibility index (Phi) is 5.21. The topological polar surface area (TPSA) is 78.4 Å². The van der Waals surface area contributed by atoms with Gasteiger partial charge in [0.15, 0.2) is 0 Å². The second kappa shape index (κ2) is 6.67. The summed E-state index contributed by atoms with van der Waals surface area (Å²) in [5.74, 6) is 4.26. The first-order valence-electron chi connectivity index (χ1n) is 5.01. The third-order valence-electron chi connectivity index (χ3n) is 1.92. The Morgan fingerprint density at radius 2 is 2.11 bits per heavy atom. The van der Waals surface area contributed by atoms with Crippen LogP contribution in [0.5, 0.6) is 0 Å². The first-order valence-corrected chi connectivity index (χ1v) is 5.80. The molecule has 0 aliphatic carbocycles. The predicted octanol–water partition coefficient (Wildman–Crippen LogP) is 2.29. The number of carbonyl (C=O) groups excluding carboxylic acids is 1.